The highest BCUT2D eigenvalue weighted by Crippen LogP contribution is 2.17. The number of hydrogen-bond donors (Lipinski definition) is 2. The fourth-order valence-electron chi connectivity index (χ4n) is 3.27. The van der Waals surface area contributed by atoms with E-state index in [4.69, 9.17) is 4.74 Å². The Balaban J connectivity index is 1.65. The number of carbonyl (C=O) groups is 3. The van der Waals surface area contributed by atoms with Gasteiger partial charge in [0.2, 0.25) is 0 Å². The molecule has 1 fully saturated rings. The van der Waals surface area contributed by atoms with Crippen molar-refractivity contribution >= 4 is 17.8 Å². The van der Waals surface area contributed by atoms with Crippen LogP contribution in [-0.4, -0.2) is 36.5 Å². The first-order valence-electron chi connectivity index (χ1n) is 9.85. The first-order valence-corrected chi connectivity index (χ1v) is 9.85. The van der Waals surface area contributed by atoms with Crippen LogP contribution in [0.4, 0.5) is 0 Å². The van der Waals surface area contributed by atoms with E-state index in [2.05, 4.69) is 10.6 Å². The minimum Gasteiger partial charge on any atom is -0.456 e. The van der Waals surface area contributed by atoms with Gasteiger partial charge >= 0.3 is 5.97 Å². The number of benzene rings is 1. The van der Waals surface area contributed by atoms with Crippen LogP contribution in [0.1, 0.15) is 68.6 Å². The predicted molar refractivity (Wildman–Crippen MR) is 103 cm³/mol. The quantitative estimate of drug-likeness (QED) is 0.719. The van der Waals surface area contributed by atoms with Crippen LogP contribution in [-0.2, 0) is 14.3 Å². The van der Waals surface area contributed by atoms with Crippen LogP contribution in [0.5, 0.6) is 0 Å². The molecule has 6 nitrogen and oxygen atoms in total. The Hall–Kier alpha value is -2.37. The molecule has 2 N–H and O–H groups in total. The van der Waals surface area contributed by atoms with Crippen molar-refractivity contribution in [1.82, 2.24) is 10.6 Å². The molecule has 148 valence electrons. The highest BCUT2D eigenvalue weighted by molar-refractivity contribution is 5.94. The van der Waals surface area contributed by atoms with Crippen LogP contribution in [0.3, 0.4) is 0 Å². The molecular formula is C21H30N2O4. The van der Waals surface area contributed by atoms with Gasteiger partial charge in [0.05, 0.1) is 6.42 Å². The molecule has 1 aliphatic rings. The molecule has 0 radical (unpaired) electrons. The Morgan fingerprint density at radius 1 is 1.04 bits per heavy atom. The summed E-state index contributed by atoms with van der Waals surface area (Å²) in [7, 11) is 0. The molecule has 2 rings (SSSR count). The van der Waals surface area contributed by atoms with Gasteiger partial charge in [-0.05, 0) is 31.9 Å². The van der Waals surface area contributed by atoms with Gasteiger partial charge in [0.1, 0.15) is 0 Å². The van der Waals surface area contributed by atoms with E-state index in [-0.39, 0.29) is 36.9 Å². The van der Waals surface area contributed by atoms with Crippen LogP contribution in [0.15, 0.2) is 30.3 Å². The second-order valence-electron chi connectivity index (χ2n) is 7.21. The molecular weight excluding hydrogens is 344 g/mol. The number of carbonyl (C=O) groups excluding carboxylic acids is 3. The maximum atomic E-state index is 12.0. The molecule has 6 heteroatoms. The normalized spacial score (nSPS) is 16.5. The third kappa shape index (κ3) is 8.24. The van der Waals surface area contributed by atoms with Crippen molar-refractivity contribution in [1.29, 1.82) is 0 Å². The Kier molecular flexibility index (Phi) is 8.81. The lowest BCUT2D eigenvalue weighted by atomic mass is 9.97. The van der Waals surface area contributed by atoms with Crippen molar-refractivity contribution in [3.63, 3.8) is 0 Å². The monoisotopic (exact) mass is 374 g/mol. The summed E-state index contributed by atoms with van der Waals surface area (Å²) in [5, 5.41) is 5.72. The molecule has 0 spiro atoms. The Bertz CT molecular complexity index is 610. The average molecular weight is 374 g/mol. The third-order valence-electron chi connectivity index (χ3n) is 4.72. The maximum Gasteiger partial charge on any atom is 0.308 e. The van der Waals surface area contributed by atoms with Gasteiger partial charge < -0.3 is 15.4 Å². The summed E-state index contributed by atoms with van der Waals surface area (Å²) in [5.41, 5.74) is 0.538. The zero-order valence-electron chi connectivity index (χ0n) is 16.0. The minimum atomic E-state index is -0.497. The third-order valence-corrected chi connectivity index (χ3v) is 4.72. The molecule has 27 heavy (non-hydrogen) atoms. The summed E-state index contributed by atoms with van der Waals surface area (Å²) in [6, 6.07) is 8.62. The van der Waals surface area contributed by atoms with E-state index in [1.807, 2.05) is 6.07 Å². The van der Waals surface area contributed by atoms with Gasteiger partial charge in [0.15, 0.2) is 6.61 Å². The maximum absolute atomic E-state index is 12.0. The van der Waals surface area contributed by atoms with Gasteiger partial charge in [-0.1, -0.05) is 50.3 Å². The van der Waals surface area contributed by atoms with E-state index in [1.54, 1.807) is 31.2 Å². The van der Waals surface area contributed by atoms with Gasteiger partial charge in [-0.25, -0.2) is 0 Å². The first-order chi connectivity index (χ1) is 13.0. The van der Waals surface area contributed by atoms with Crippen LogP contribution < -0.4 is 10.6 Å². The molecule has 2 amide bonds. The summed E-state index contributed by atoms with van der Waals surface area (Å²) in [4.78, 5) is 36.0. The van der Waals surface area contributed by atoms with E-state index in [9.17, 15) is 14.4 Å². The number of amides is 2. The molecule has 1 aromatic carbocycles. The Morgan fingerprint density at radius 3 is 2.33 bits per heavy atom. The van der Waals surface area contributed by atoms with E-state index >= 15 is 0 Å². The highest BCUT2D eigenvalue weighted by atomic mass is 16.5. The molecule has 1 saturated carbocycles. The average Bonchev–Trinajstić information content (AvgIpc) is 2.62. The molecule has 1 aromatic rings. The summed E-state index contributed by atoms with van der Waals surface area (Å²) in [6.07, 6.45) is 7.96. The molecule has 1 atom stereocenters. The second-order valence-corrected chi connectivity index (χ2v) is 7.21. The van der Waals surface area contributed by atoms with Gasteiger partial charge in [0.25, 0.3) is 11.8 Å². The van der Waals surface area contributed by atoms with Crippen molar-refractivity contribution in [2.75, 3.05) is 6.61 Å². The van der Waals surface area contributed by atoms with Crippen molar-refractivity contribution in [2.45, 2.75) is 70.4 Å². The zero-order chi connectivity index (χ0) is 19.5. The molecule has 0 aromatic heterocycles. The summed E-state index contributed by atoms with van der Waals surface area (Å²) in [6.45, 7) is 1.46. The Labute approximate surface area is 161 Å². The number of rotatable bonds is 7. The fraction of sp³-hybridized carbons (Fsp3) is 0.571. The van der Waals surface area contributed by atoms with E-state index in [0.717, 1.165) is 25.7 Å². The van der Waals surface area contributed by atoms with Crippen molar-refractivity contribution in [2.24, 2.45) is 0 Å². The SMILES string of the molecule is CC(CC(=O)OCC(=O)NC1CCCCCCC1)NC(=O)c1ccccc1. The van der Waals surface area contributed by atoms with E-state index in [1.165, 1.54) is 19.3 Å². The largest absolute Gasteiger partial charge is 0.456 e. The number of ether oxygens (including phenoxy) is 1. The van der Waals surface area contributed by atoms with Gasteiger partial charge in [0, 0.05) is 17.6 Å². The highest BCUT2D eigenvalue weighted by Gasteiger charge is 2.17. The summed E-state index contributed by atoms with van der Waals surface area (Å²) in [5.74, 6) is -0.989. The summed E-state index contributed by atoms with van der Waals surface area (Å²) < 4.78 is 5.06. The van der Waals surface area contributed by atoms with Gasteiger partial charge in [-0.15, -0.1) is 0 Å². The lowest BCUT2D eigenvalue weighted by Gasteiger charge is -2.21. The summed E-state index contributed by atoms with van der Waals surface area (Å²) >= 11 is 0. The zero-order valence-corrected chi connectivity index (χ0v) is 16.0. The molecule has 0 heterocycles. The molecule has 1 unspecified atom stereocenters. The number of nitrogens with one attached hydrogen (secondary N) is 2. The predicted octanol–water partition coefficient (Wildman–Crippen LogP) is 2.97. The van der Waals surface area contributed by atoms with Crippen LogP contribution in [0, 0.1) is 0 Å². The van der Waals surface area contributed by atoms with Crippen molar-refractivity contribution in [3.8, 4) is 0 Å². The molecule has 0 aliphatic heterocycles. The lowest BCUT2D eigenvalue weighted by molar-refractivity contribution is -0.149. The molecule has 1 aliphatic carbocycles. The number of esters is 1. The van der Waals surface area contributed by atoms with Gasteiger partial charge in [-0.3, -0.25) is 14.4 Å². The van der Waals surface area contributed by atoms with Crippen LogP contribution >= 0.6 is 0 Å². The lowest BCUT2D eigenvalue weighted by Crippen LogP contribution is -2.39. The minimum absolute atomic E-state index is 0.0231. The number of hydrogen-bond acceptors (Lipinski definition) is 4. The second kappa shape index (κ2) is 11.4. The molecule has 0 saturated heterocycles. The van der Waals surface area contributed by atoms with Gasteiger partial charge in [-0.2, -0.15) is 0 Å². The van der Waals surface area contributed by atoms with E-state index in [0.29, 0.717) is 5.56 Å². The van der Waals surface area contributed by atoms with Crippen molar-refractivity contribution in [3.05, 3.63) is 35.9 Å². The first kappa shape index (κ1) is 20.9. The molecule has 0 bridgehead atoms. The van der Waals surface area contributed by atoms with E-state index < -0.39 is 5.97 Å². The van der Waals surface area contributed by atoms with Crippen molar-refractivity contribution < 1.29 is 19.1 Å². The van der Waals surface area contributed by atoms with Crippen LogP contribution in [0.25, 0.3) is 0 Å². The smallest absolute Gasteiger partial charge is 0.308 e. The fourth-order valence-corrected chi connectivity index (χ4v) is 3.27. The van der Waals surface area contributed by atoms with Crippen LogP contribution in [0.2, 0.25) is 0 Å². The Morgan fingerprint density at radius 2 is 1.67 bits per heavy atom. The topological polar surface area (TPSA) is 84.5 Å². The standard InChI is InChI=1S/C21H30N2O4/c1-16(22-21(26)17-10-6-5-7-11-17)14-20(25)27-15-19(24)23-18-12-8-3-2-4-9-13-18/h5-7,10-11,16,18H,2-4,8-9,12-15H2,1H3,(H,22,26)(H,23,24).